The molecule has 0 aliphatic heterocycles. The molecule has 7 atom stereocenters. The molecule has 4 fully saturated rings. The van der Waals surface area contributed by atoms with E-state index in [4.69, 9.17) is 4.42 Å². The van der Waals surface area contributed by atoms with Gasteiger partial charge in [0.2, 0.25) is 5.91 Å². The van der Waals surface area contributed by atoms with Gasteiger partial charge in [-0.25, -0.2) is 0 Å². The highest BCUT2D eigenvalue weighted by Gasteiger charge is 2.61. The van der Waals surface area contributed by atoms with E-state index in [1.807, 2.05) is 12.1 Å². The maximum Gasteiger partial charge on any atom is 0.219 e. The van der Waals surface area contributed by atoms with Crippen molar-refractivity contribution in [3.63, 3.8) is 0 Å². The fraction of sp³-hybridized carbons (Fsp3) is 0.778. The standard InChI is InChI=1S/C27H39NO4/c1-18(29)28(16-20-5-4-14-32-20)17-27(31)13-12-25(2)19(15-27)6-7-21-22-8-9-24(30)26(22,3)11-10-23(21)25/h4-5,14,19,21-23,31H,6-13,15-17H2,1-3H3/t19-,21-,22-,23-,25-,26-,27+/m0/s1. The van der Waals surface area contributed by atoms with E-state index in [2.05, 4.69) is 13.8 Å². The van der Waals surface area contributed by atoms with Gasteiger partial charge in [0.25, 0.3) is 0 Å². The van der Waals surface area contributed by atoms with Gasteiger partial charge in [0, 0.05) is 25.3 Å². The van der Waals surface area contributed by atoms with Gasteiger partial charge in [0.05, 0.1) is 18.4 Å². The third-order valence-corrected chi connectivity index (χ3v) is 10.4. The molecule has 1 aromatic rings. The molecule has 4 aliphatic rings. The lowest BCUT2D eigenvalue weighted by molar-refractivity contribution is -0.161. The van der Waals surface area contributed by atoms with E-state index in [0.717, 1.165) is 57.1 Å². The van der Waals surface area contributed by atoms with Crippen molar-refractivity contribution in [2.24, 2.45) is 34.5 Å². The van der Waals surface area contributed by atoms with Crippen LogP contribution in [0.2, 0.25) is 0 Å². The van der Waals surface area contributed by atoms with Crippen LogP contribution in [0.3, 0.4) is 0 Å². The molecular weight excluding hydrogens is 402 g/mol. The first-order chi connectivity index (χ1) is 15.1. The van der Waals surface area contributed by atoms with E-state index in [1.54, 1.807) is 18.1 Å². The molecule has 176 valence electrons. The molecular formula is C27H39NO4. The number of hydrogen-bond donors (Lipinski definition) is 1. The second kappa shape index (κ2) is 7.72. The van der Waals surface area contributed by atoms with Gasteiger partial charge in [-0.3, -0.25) is 9.59 Å². The Balaban J connectivity index is 1.31. The van der Waals surface area contributed by atoms with Crippen LogP contribution in [-0.2, 0) is 16.1 Å². The number of ketones is 1. The van der Waals surface area contributed by atoms with Crippen LogP contribution in [0.5, 0.6) is 0 Å². The minimum atomic E-state index is -0.832. The van der Waals surface area contributed by atoms with Crippen LogP contribution in [0.15, 0.2) is 22.8 Å². The number of furan rings is 1. The van der Waals surface area contributed by atoms with Gasteiger partial charge in [0.1, 0.15) is 11.5 Å². The number of nitrogens with zero attached hydrogens (tertiary/aromatic N) is 1. The minimum Gasteiger partial charge on any atom is -0.467 e. The zero-order chi connectivity index (χ0) is 22.7. The van der Waals surface area contributed by atoms with Crippen molar-refractivity contribution in [3.8, 4) is 0 Å². The number of aliphatic hydroxyl groups is 1. The summed E-state index contributed by atoms with van der Waals surface area (Å²) in [6.07, 6.45) is 10.6. The minimum absolute atomic E-state index is 0.0238. The van der Waals surface area contributed by atoms with Gasteiger partial charge in [-0.1, -0.05) is 13.8 Å². The second-order valence-electron chi connectivity index (χ2n) is 12.0. The Morgan fingerprint density at radius 3 is 2.69 bits per heavy atom. The lowest BCUT2D eigenvalue weighted by Crippen LogP contribution is -2.58. The number of carbonyl (C=O) groups is 2. The molecule has 0 radical (unpaired) electrons. The molecule has 0 saturated heterocycles. The SMILES string of the molecule is CC(=O)N(Cc1ccco1)C[C@@]1(O)CC[C@@]2(C)[C@@H](CC[C@@H]3[C@@H]2CC[C@]2(C)C(=O)CC[C@@H]32)C1. The molecule has 0 aromatic carbocycles. The van der Waals surface area contributed by atoms with Gasteiger partial charge < -0.3 is 14.4 Å². The van der Waals surface area contributed by atoms with Crippen molar-refractivity contribution < 1.29 is 19.1 Å². The zero-order valence-corrected chi connectivity index (χ0v) is 19.9. The molecule has 5 nitrogen and oxygen atoms in total. The smallest absolute Gasteiger partial charge is 0.219 e. The van der Waals surface area contributed by atoms with Gasteiger partial charge in [-0.2, -0.15) is 0 Å². The largest absolute Gasteiger partial charge is 0.467 e. The summed E-state index contributed by atoms with van der Waals surface area (Å²) >= 11 is 0. The van der Waals surface area contributed by atoms with Crippen molar-refractivity contribution in [2.75, 3.05) is 6.54 Å². The Morgan fingerprint density at radius 2 is 1.97 bits per heavy atom. The molecule has 4 aliphatic carbocycles. The molecule has 4 saturated carbocycles. The number of hydrogen-bond acceptors (Lipinski definition) is 4. The van der Waals surface area contributed by atoms with Crippen molar-refractivity contribution in [3.05, 3.63) is 24.2 Å². The average molecular weight is 442 g/mol. The predicted molar refractivity (Wildman–Crippen MR) is 121 cm³/mol. The zero-order valence-electron chi connectivity index (χ0n) is 19.9. The third-order valence-electron chi connectivity index (χ3n) is 10.4. The van der Waals surface area contributed by atoms with Gasteiger partial charge in [0.15, 0.2) is 0 Å². The van der Waals surface area contributed by atoms with Crippen LogP contribution in [0.1, 0.15) is 84.3 Å². The molecule has 1 amide bonds. The maximum atomic E-state index is 12.7. The average Bonchev–Trinajstić information content (AvgIpc) is 3.36. The highest BCUT2D eigenvalue weighted by molar-refractivity contribution is 5.87. The van der Waals surface area contributed by atoms with Crippen LogP contribution in [0.25, 0.3) is 0 Å². The van der Waals surface area contributed by atoms with Crippen molar-refractivity contribution in [2.45, 2.75) is 90.7 Å². The Kier molecular flexibility index (Phi) is 5.35. The topological polar surface area (TPSA) is 70.8 Å². The highest BCUT2D eigenvalue weighted by Crippen LogP contribution is 2.66. The monoisotopic (exact) mass is 441 g/mol. The summed E-state index contributed by atoms with van der Waals surface area (Å²) in [6.45, 7) is 7.07. The third kappa shape index (κ3) is 3.46. The van der Waals surface area contributed by atoms with E-state index >= 15 is 0 Å². The summed E-state index contributed by atoms with van der Waals surface area (Å²) in [5.41, 5.74) is -0.667. The summed E-state index contributed by atoms with van der Waals surface area (Å²) in [4.78, 5) is 26.7. The van der Waals surface area contributed by atoms with E-state index in [1.165, 1.54) is 6.42 Å². The molecule has 0 spiro atoms. The lowest BCUT2D eigenvalue weighted by atomic mass is 9.44. The fourth-order valence-electron chi connectivity index (χ4n) is 8.46. The molecule has 32 heavy (non-hydrogen) atoms. The van der Waals surface area contributed by atoms with Crippen molar-refractivity contribution in [1.82, 2.24) is 4.90 Å². The number of carbonyl (C=O) groups excluding carboxylic acids is 2. The maximum absolute atomic E-state index is 12.7. The molecule has 1 aromatic heterocycles. The summed E-state index contributed by atoms with van der Waals surface area (Å²) in [5.74, 6) is 3.62. The highest BCUT2D eigenvalue weighted by atomic mass is 16.3. The van der Waals surface area contributed by atoms with Crippen LogP contribution < -0.4 is 0 Å². The Bertz CT molecular complexity index is 880. The first-order valence-corrected chi connectivity index (χ1v) is 12.7. The normalized spacial score (nSPS) is 43.3. The fourth-order valence-corrected chi connectivity index (χ4v) is 8.46. The Morgan fingerprint density at radius 1 is 1.16 bits per heavy atom. The molecule has 0 unspecified atom stereocenters. The predicted octanol–water partition coefficient (Wildman–Crippen LogP) is 4.97. The number of amides is 1. The summed E-state index contributed by atoms with van der Waals surface area (Å²) in [5, 5.41) is 11.6. The summed E-state index contributed by atoms with van der Waals surface area (Å²) in [7, 11) is 0. The van der Waals surface area contributed by atoms with Crippen LogP contribution in [-0.4, -0.2) is 33.8 Å². The Labute approximate surface area is 191 Å². The van der Waals surface area contributed by atoms with E-state index in [9.17, 15) is 14.7 Å². The summed E-state index contributed by atoms with van der Waals surface area (Å²) in [6, 6.07) is 3.71. The quantitative estimate of drug-likeness (QED) is 0.716. The van der Waals surface area contributed by atoms with Gasteiger partial charge in [-0.15, -0.1) is 0 Å². The molecule has 5 heteroatoms. The van der Waals surface area contributed by atoms with Crippen LogP contribution in [0, 0.1) is 34.5 Å². The van der Waals surface area contributed by atoms with Gasteiger partial charge in [-0.05, 0) is 92.6 Å². The molecule has 1 heterocycles. The van der Waals surface area contributed by atoms with E-state index in [-0.39, 0.29) is 16.7 Å². The number of Topliss-reactive ketones (excluding diaryl/α,β-unsaturated/α-hetero) is 1. The van der Waals surface area contributed by atoms with Crippen molar-refractivity contribution >= 4 is 11.7 Å². The number of fused-ring (bicyclic) bond motifs is 5. The van der Waals surface area contributed by atoms with Crippen LogP contribution in [0.4, 0.5) is 0 Å². The number of rotatable bonds is 4. The van der Waals surface area contributed by atoms with Crippen LogP contribution >= 0.6 is 0 Å². The lowest BCUT2D eigenvalue weighted by Gasteiger charge is -2.61. The summed E-state index contributed by atoms with van der Waals surface area (Å²) < 4.78 is 5.45. The molecule has 5 rings (SSSR count). The Hall–Kier alpha value is -1.62. The first-order valence-electron chi connectivity index (χ1n) is 12.7. The van der Waals surface area contributed by atoms with E-state index in [0.29, 0.717) is 42.5 Å². The second-order valence-corrected chi connectivity index (χ2v) is 12.0. The van der Waals surface area contributed by atoms with Crippen molar-refractivity contribution in [1.29, 1.82) is 0 Å². The molecule has 0 bridgehead atoms. The van der Waals surface area contributed by atoms with Gasteiger partial charge >= 0.3 is 0 Å². The van der Waals surface area contributed by atoms with E-state index < -0.39 is 5.60 Å². The first kappa shape index (κ1) is 22.2. The molecule has 1 N–H and O–H groups in total.